The van der Waals surface area contributed by atoms with Gasteiger partial charge in [-0.15, -0.1) is 0 Å². The molecule has 1 heterocycles. The van der Waals surface area contributed by atoms with Crippen LogP contribution in [0.3, 0.4) is 0 Å². The van der Waals surface area contributed by atoms with Crippen LogP contribution < -0.4 is 11.1 Å². The molecule has 3 N–H and O–H groups in total. The minimum absolute atomic E-state index is 0.0441. The first-order valence-corrected chi connectivity index (χ1v) is 7.35. The number of benzene rings is 1. The van der Waals surface area contributed by atoms with E-state index in [0.717, 1.165) is 16.9 Å². The highest BCUT2D eigenvalue weighted by Gasteiger charge is 2.22. The van der Waals surface area contributed by atoms with Crippen molar-refractivity contribution in [3.05, 3.63) is 30.1 Å². The maximum atomic E-state index is 12.3. The molecule has 21 heavy (non-hydrogen) atoms. The highest BCUT2D eigenvalue weighted by atomic mass is 32.1. The summed E-state index contributed by atoms with van der Waals surface area (Å²) in [6, 6.07) is 7.44. The topological polar surface area (TPSA) is 72.9 Å². The van der Waals surface area contributed by atoms with Crippen LogP contribution in [0.4, 0.5) is 0 Å². The number of thiocarbonyl (C=S) groups is 1. The largest absolute Gasteiger partial charge is 0.393 e. The van der Waals surface area contributed by atoms with Crippen molar-refractivity contribution in [3.8, 4) is 0 Å². The molecule has 1 atom stereocenters. The van der Waals surface area contributed by atoms with Gasteiger partial charge in [0.05, 0.1) is 22.4 Å². The molecule has 0 saturated carbocycles. The Balaban J connectivity index is 2.48. The summed E-state index contributed by atoms with van der Waals surface area (Å²) in [4.78, 5) is 17.2. The first-order valence-electron chi connectivity index (χ1n) is 6.94. The summed E-state index contributed by atoms with van der Waals surface area (Å²) >= 11 is 4.99. The minimum Gasteiger partial charge on any atom is -0.393 e. The summed E-state index contributed by atoms with van der Waals surface area (Å²) in [5, 5.41) is 2.92. The van der Waals surface area contributed by atoms with Crippen molar-refractivity contribution in [1.82, 2.24) is 14.9 Å². The molecule has 0 aliphatic heterocycles. The normalized spacial score (nSPS) is 12.6. The summed E-state index contributed by atoms with van der Waals surface area (Å²) in [5.74, 6) is 0.674. The fourth-order valence-electron chi connectivity index (χ4n) is 2.33. The third kappa shape index (κ3) is 3.39. The standard InChI is InChI=1S/C15H20N4OS/c1-9(2)17-15(20)10(3)19-12-7-5-4-6-11(12)18-14(19)8-13(16)21/h4-7,9-10H,8H2,1-3H3,(H2,16,21)(H,17,20). The molecule has 0 fully saturated rings. The monoisotopic (exact) mass is 304 g/mol. The molecule has 0 radical (unpaired) electrons. The second-order valence-corrected chi connectivity index (χ2v) is 5.89. The van der Waals surface area contributed by atoms with Crippen molar-refractivity contribution in [2.75, 3.05) is 0 Å². The van der Waals surface area contributed by atoms with Crippen LogP contribution in [0.2, 0.25) is 0 Å². The number of amides is 1. The van der Waals surface area contributed by atoms with Crippen molar-refractivity contribution in [3.63, 3.8) is 0 Å². The van der Waals surface area contributed by atoms with Crippen molar-refractivity contribution in [1.29, 1.82) is 0 Å². The number of fused-ring (bicyclic) bond motifs is 1. The number of nitrogens with one attached hydrogen (secondary N) is 1. The fraction of sp³-hybridized carbons (Fsp3) is 0.400. The molecule has 2 aromatic rings. The van der Waals surface area contributed by atoms with Crippen LogP contribution >= 0.6 is 12.2 Å². The lowest BCUT2D eigenvalue weighted by Crippen LogP contribution is -2.36. The average Bonchev–Trinajstić information content (AvgIpc) is 2.73. The molecule has 112 valence electrons. The zero-order chi connectivity index (χ0) is 15.6. The van der Waals surface area contributed by atoms with Gasteiger partial charge in [-0.1, -0.05) is 24.4 Å². The Morgan fingerprint density at radius 2 is 2.05 bits per heavy atom. The van der Waals surface area contributed by atoms with Crippen molar-refractivity contribution >= 4 is 34.1 Å². The summed E-state index contributed by atoms with van der Waals surface area (Å²) in [6.45, 7) is 5.73. The second kappa shape index (κ2) is 6.22. The predicted octanol–water partition coefficient (Wildman–Crippen LogP) is 1.95. The van der Waals surface area contributed by atoms with E-state index >= 15 is 0 Å². The molecule has 5 nitrogen and oxygen atoms in total. The van der Waals surface area contributed by atoms with E-state index in [-0.39, 0.29) is 18.0 Å². The molecule has 1 aromatic carbocycles. The van der Waals surface area contributed by atoms with Crippen LogP contribution in [-0.2, 0) is 11.2 Å². The van der Waals surface area contributed by atoms with Gasteiger partial charge in [-0.3, -0.25) is 4.79 Å². The zero-order valence-corrected chi connectivity index (χ0v) is 13.3. The van der Waals surface area contributed by atoms with Crippen LogP contribution in [0.5, 0.6) is 0 Å². The molecule has 2 rings (SSSR count). The Hall–Kier alpha value is -1.95. The highest BCUT2D eigenvalue weighted by Crippen LogP contribution is 2.22. The van der Waals surface area contributed by atoms with Crippen LogP contribution in [0.1, 0.15) is 32.6 Å². The van der Waals surface area contributed by atoms with E-state index in [4.69, 9.17) is 18.0 Å². The third-order valence-electron chi connectivity index (χ3n) is 3.20. The molecule has 0 bridgehead atoms. The first-order chi connectivity index (χ1) is 9.90. The Labute approximate surface area is 129 Å². The highest BCUT2D eigenvalue weighted by molar-refractivity contribution is 7.80. The lowest BCUT2D eigenvalue weighted by atomic mass is 10.2. The van der Waals surface area contributed by atoms with Crippen LogP contribution in [0.15, 0.2) is 24.3 Å². The maximum absolute atomic E-state index is 12.3. The zero-order valence-electron chi connectivity index (χ0n) is 12.5. The summed E-state index contributed by atoms with van der Waals surface area (Å²) in [5.41, 5.74) is 7.40. The number of para-hydroxylation sites is 2. The van der Waals surface area contributed by atoms with Crippen LogP contribution in [-0.4, -0.2) is 26.5 Å². The maximum Gasteiger partial charge on any atom is 0.243 e. The van der Waals surface area contributed by atoms with Crippen molar-refractivity contribution in [2.45, 2.75) is 39.3 Å². The molecule has 6 heteroatoms. The Morgan fingerprint density at radius 3 is 2.67 bits per heavy atom. The van der Waals surface area contributed by atoms with Gasteiger partial charge in [-0.05, 0) is 32.9 Å². The molecule has 1 amide bonds. The van der Waals surface area contributed by atoms with Crippen LogP contribution in [0.25, 0.3) is 11.0 Å². The number of rotatable bonds is 5. The minimum atomic E-state index is -0.371. The van der Waals surface area contributed by atoms with E-state index in [2.05, 4.69) is 10.3 Å². The molecular weight excluding hydrogens is 284 g/mol. The second-order valence-electron chi connectivity index (χ2n) is 5.37. The van der Waals surface area contributed by atoms with Gasteiger partial charge in [0.15, 0.2) is 0 Å². The molecule has 1 unspecified atom stereocenters. The molecule has 0 aliphatic rings. The average molecular weight is 304 g/mol. The number of carbonyl (C=O) groups excluding carboxylic acids is 1. The molecule has 0 aliphatic carbocycles. The fourth-order valence-corrected chi connectivity index (χ4v) is 2.46. The van der Waals surface area contributed by atoms with E-state index in [1.165, 1.54) is 0 Å². The lowest BCUT2D eigenvalue weighted by molar-refractivity contribution is -0.124. The van der Waals surface area contributed by atoms with Gasteiger partial charge in [0.2, 0.25) is 5.91 Å². The lowest BCUT2D eigenvalue weighted by Gasteiger charge is -2.19. The molecular formula is C15H20N4OS. The van der Waals surface area contributed by atoms with Crippen LogP contribution in [0, 0.1) is 0 Å². The van der Waals surface area contributed by atoms with Gasteiger partial charge in [0.1, 0.15) is 11.9 Å². The SMILES string of the molecule is CC(C)NC(=O)C(C)n1c(CC(N)=S)nc2ccccc21. The number of nitrogens with zero attached hydrogens (tertiary/aromatic N) is 2. The molecule has 0 saturated heterocycles. The summed E-state index contributed by atoms with van der Waals surface area (Å²) < 4.78 is 1.91. The third-order valence-corrected chi connectivity index (χ3v) is 3.34. The van der Waals surface area contributed by atoms with Gasteiger partial charge < -0.3 is 15.6 Å². The number of hydrogen-bond donors (Lipinski definition) is 2. The number of carbonyl (C=O) groups is 1. The summed E-state index contributed by atoms with van der Waals surface area (Å²) in [7, 11) is 0. The first kappa shape index (κ1) is 15.4. The smallest absolute Gasteiger partial charge is 0.243 e. The summed E-state index contributed by atoms with van der Waals surface area (Å²) in [6.07, 6.45) is 0.378. The van der Waals surface area contributed by atoms with E-state index in [9.17, 15) is 4.79 Å². The Kier molecular flexibility index (Phi) is 4.57. The Bertz CT molecular complexity index is 677. The number of nitrogens with two attached hydrogens (primary N) is 1. The van der Waals surface area contributed by atoms with Crippen molar-refractivity contribution in [2.24, 2.45) is 5.73 Å². The van der Waals surface area contributed by atoms with E-state index < -0.39 is 0 Å². The van der Waals surface area contributed by atoms with E-state index in [0.29, 0.717) is 11.4 Å². The van der Waals surface area contributed by atoms with Crippen molar-refractivity contribution < 1.29 is 4.79 Å². The number of aromatic nitrogens is 2. The number of hydrogen-bond acceptors (Lipinski definition) is 3. The predicted molar refractivity (Wildman–Crippen MR) is 88.2 cm³/mol. The molecule has 1 aromatic heterocycles. The molecule has 0 spiro atoms. The number of imidazole rings is 1. The van der Waals surface area contributed by atoms with Gasteiger partial charge in [0, 0.05) is 6.04 Å². The Morgan fingerprint density at radius 1 is 1.38 bits per heavy atom. The van der Waals surface area contributed by atoms with Gasteiger partial charge >= 0.3 is 0 Å². The van der Waals surface area contributed by atoms with Gasteiger partial charge in [-0.2, -0.15) is 0 Å². The van der Waals surface area contributed by atoms with Gasteiger partial charge in [-0.25, -0.2) is 4.98 Å². The quantitative estimate of drug-likeness (QED) is 0.828. The van der Waals surface area contributed by atoms with E-state index in [1.54, 1.807) is 0 Å². The van der Waals surface area contributed by atoms with Gasteiger partial charge in [0.25, 0.3) is 0 Å². The van der Waals surface area contributed by atoms with E-state index in [1.807, 2.05) is 49.6 Å².